The molecule has 0 radical (unpaired) electrons. The lowest BCUT2D eigenvalue weighted by molar-refractivity contribution is 0.0952. The molecule has 7 nitrogen and oxygen atoms in total. The summed E-state index contributed by atoms with van der Waals surface area (Å²) in [4.78, 5) is 22.7. The van der Waals surface area contributed by atoms with Crippen LogP contribution < -0.4 is 10.2 Å². The first kappa shape index (κ1) is 22.4. The second kappa shape index (κ2) is 9.46. The molecule has 5 aromatic rings. The van der Waals surface area contributed by atoms with E-state index in [0.717, 1.165) is 33.3 Å². The molecule has 35 heavy (non-hydrogen) atoms. The fourth-order valence-corrected chi connectivity index (χ4v) is 4.27. The highest BCUT2D eigenvalue weighted by molar-refractivity contribution is 5.94. The lowest BCUT2D eigenvalue weighted by atomic mass is 9.90. The number of hydrogen-bond acceptors (Lipinski definition) is 5. The van der Waals surface area contributed by atoms with Gasteiger partial charge in [-0.3, -0.25) is 4.79 Å². The van der Waals surface area contributed by atoms with E-state index < -0.39 is 0 Å². The maximum atomic E-state index is 13.0. The minimum Gasteiger partial charge on any atom is -0.378 e. The van der Waals surface area contributed by atoms with Crippen molar-refractivity contribution in [2.75, 3.05) is 25.5 Å². The van der Waals surface area contributed by atoms with Gasteiger partial charge in [0.2, 0.25) is 0 Å². The highest BCUT2D eigenvalue weighted by atomic mass is 16.5. The van der Waals surface area contributed by atoms with Gasteiger partial charge in [0.25, 0.3) is 11.8 Å². The second-order valence-corrected chi connectivity index (χ2v) is 8.76. The van der Waals surface area contributed by atoms with Gasteiger partial charge in [-0.15, -0.1) is 0 Å². The van der Waals surface area contributed by atoms with E-state index in [4.69, 9.17) is 4.52 Å². The van der Waals surface area contributed by atoms with Gasteiger partial charge in [-0.2, -0.15) is 4.98 Å². The maximum absolute atomic E-state index is 13.0. The molecule has 2 N–H and O–H groups in total. The quantitative estimate of drug-likeness (QED) is 0.347. The molecular formula is C28H27N5O2. The third-order valence-electron chi connectivity index (χ3n) is 6.20. The minimum absolute atomic E-state index is 0.00745. The number of nitrogens with one attached hydrogen (secondary N) is 2. The van der Waals surface area contributed by atoms with E-state index in [1.54, 1.807) is 19.1 Å². The minimum atomic E-state index is -0.131. The van der Waals surface area contributed by atoms with E-state index in [-0.39, 0.29) is 11.8 Å². The average molecular weight is 466 g/mol. The van der Waals surface area contributed by atoms with Gasteiger partial charge < -0.3 is 19.7 Å². The second-order valence-electron chi connectivity index (χ2n) is 8.76. The van der Waals surface area contributed by atoms with Crippen LogP contribution in [0.4, 0.5) is 5.69 Å². The van der Waals surface area contributed by atoms with Crippen LogP contribution in [0.2, 0.25) is 0 Å². The number of para-hydroxylation sites is 1. The van der Waals surface area contributed by atoms with Crippen molar-refractivity contribution in [2.24, 2.45) is 0 Å². The fourth-order valence-electron chi connectivity index (χ4n) is 4.27. The third-order valence-corrected chi connectivity index (χ3v) is 6.20. The van der Waals surface area contributed by atoms with Crippen molar-refractivity contribution in [1.82, 2.24) is 20.4 Å². The number of fused-ring (bicyclic) bond motifs is 1. The van der Waals surface area contributed by atoms with Crippen molar-refractivity contribution >= 4 is 22.5 Å². The Hall–Kier alpha value is -4.39. The summed E-state index contributed by atoms with van der Waals surface area (Å²) in [5.74, 6) is 0.874. The predicted molar refractivity (Wildman–Crippen MR) is 138 cm³/mol. The largest absolute Gasteiger partial charge is 0.378 e. The SMILES string of the molecule is Cc1noc(-c2ccc(C(=O)NCC(c3ccc(N(C)C)cc3)c3c[nH]c4ccccc34)cc2)n1. The van der Waals surface area contributed by atoms with Crippen LogP contribution >= 0.6 is 0 Å². The zero-order valence-corrected chi connectivity index (χ0v) is 19.9. The first-order valence-corrected chi connectivity index (χ1v) is 11.5. The number of amides is 1. The molecule has 0 fully saturated rings. The number of aromatic nitrogens is 3. The van der Waals surface area contributed by atoms with E-state index in [0.29, 0.717) is 23.8 Å². The number of H-pyrrole nitrogens is 1. The Morgan fingerprint density at radius 1 is 1.03 bits per heavy atom. The molecule has 0 aliphatic carbocycles. The molecule has 2 heterocycles. The van der Waals surface area contributed by atoms with Crippen LogP contribution in [0.1, 0.15) is 33.2 Å². The number of nitrogens with zero attached hydrogens (tertiary/aromatic N) is 3. The molecule has 0 bridgehead atoms. The molecular weight excluding hydrogens is 438 g/mol. The number of rotatable bonds is 7. The zero-order valence-electron chi connectivity index (χ0n) is 19.9. The normalized spacial score (nSPS) is 12.0. The number of anilines is 1. The Bertz CT molecular complexity index is 1450. The number of carbonyl (C=O) groups is 1. The van der Waals surface area contributed by atoms with Gasteiger partial charge in [-0.25, -0.2) is 0 Å². The van der Waals surface area contributed by atoms with E-state index in [1.807, 2.05) is 44.6 Å². The van der Waals surface area contributed by atoms with Gasteiger partial charge >= 0.3 is 0 Å². The predicted octanol–water partition coefficient (Wildman–Crippen LogP) is 5.15. The molecule has 0 saturated carbocycles. The highest BCUT2D eigenvalue weighted by Crippen LogP contribution is 2.31. The highest BCUT2D eigenvalue weighted by Gasteiger charge is 2.20. The number of hydrogen-bond donors (Lipinski definition) is 2. The number of aromatic amines is 1. The molecule has 176 valence electrons. The summed E-state index contributed by atoms with van der Waals surface area (Å²) in [6.45, 7) is 2.24. The monoisotopic (exact) mass is 465 g/mol. The summed E-state index contributed by atoms with van der Waals surface area (Å²) in [5, 5.41) is 8.11. The summed E-state index contributed by atoms with van der Waals surface area (Å²) in [7, 11) is 4.05. The molecule has 0 saturated heterocycles. The van der Waals surface area contributed by atoms with Crippen LogP contribution in [-0.2, 0) is 0 Å². The lowest BCUT2D eigenvalue weighted by Gasteiger charge is -2.20. The van der Waals surface area contributed by atoms with Gasteiger partial charge in [0, 0.05) is 60.5 Å². The van der Waals surface area contributed by atoms with Crippen molar-refractivity contribution in [3.8, 4) is 11.5 Å². The smallest absolute Gasteiger partial charge is 0.257 e. The van der Waals surface area contributed by atoms with Gasteiger partial charge in [0.15, 0.2) is 5.82 Å². The third kappa shape index (κ3) is 4.66. The van der Waals surface area contributed by atoms with E-state index >= 15 is 0 Å². The van der Waals surface area contributed by atoms with Crippen molar-refractivity contribution in [1.29, 1.82) is 0 Å². The summed E-state index contributed by atoms with van der Waals surface area (Å²) in [5.41, 5.74) is 5.86. The summed E-state index contributed by atoms with van der Waals surface area (Å²) in [6, 6.07) is 23.9. The molecule has 0 spiro atoms. The van der Waals surface area contributed by atoms with Gasteiger partial charge in [0.1, 0.15) is 0 Å². The average Bonchev–Trinajstić information content (AvgIpc) is 3.51. The zero-order chi connectivity index (χ0) is 24.4. The molecule has 1 unspecified atom stereocenters. The Balaban J connectivity index is 1.39. The van der Waals surface area contributed by atoms with Crippen molar-refractivity contribution < 1.29 is 9.32 Å². The number of aryl methyl sites for hydroxylation is 1. The molecule has 3 aromatic carbocycles. The summed E-state index contributed by atoms with van der Waals surface area (Å²) < 4.78 is 5.21. The van der Waals surface area contributed by atoms with Crippen LogP contribution in [0.25, 0.3) is 22.4 Å². The van der Waals surface area contributed by atoms with Crippen LogP contribution in [-0.4, -0.2) is 41.7 Å². The molecule has 5 rings (SSSR count). The molecule has 0 aliphatic heterocycles. The van der Waals surface area contributed by atoms with Gasteiger partial charge in [0.05, 0.1) is 0 Å². The Kier molecular flexibility index (Phi) is 6.06. The fraction of sp³-hybridized carbons (Fsp3) is 0.179. The van der Waals surface area contributed by atoms with Crippen LogP contribution in [0.5, 0.6) is 0 Å². The number of carbonyl (C=O) groups excluding carboxylic acids is 1. The first-order chi connectivity index (χ1) is 17.0. The van der Waals surface area contributed by atoms with Gasteiger partial charge in [-0.1, -0.05) is 35.5 Å². The molecule has 2 aromatic heterocycles. The van der Waals surface area contributed by atoms with Crippen LogP contribution in [0, 0.1) is 6.92 Å². The summed E-state index contributed by atoms with van der Waals surface area (Å²) in [6.07, 6.45) is 2.04. The van der Waals surface area contributed by atoms with E-state index in [9.17, 15) is 4.79 Å². The summed E-state index contributed by atoms with van der Waals surface area (Å²) >= 11 is 0. The molecule has 7 heteroatoms. The Morgan fingerprint density at radius 3 is 2.46 bits per heavy atom. The topological polar surface area (TPSA) is 87.0 Å². The lowest BCUT2D eigenvalue weighted by Crippen LogP contribution is -2.28. The molecule has 0 aliphatic rings. The van der Waals surface area contributed by atoms with Gasteiger partial charge in [-0.05, 0) is 60.5 Å². The number of benzene rings is 3. The van der Waals surface area contributed by atoms with E-state index in [1.165, 1.54) is 0 Å². The molecule has 1 atom stereocenters. The van der Waals surface area contributed by atoms with Crippen LogP contribution in [0.15, 0.2) is 83.5 Å². The first-order valence-electron chi connectivity index (χ1n) is 11.5. The maximum Gasteiger partial charge on any atom is 0.257 e. The van der Waals surface area contributed by atoms with E-state index in [2.05, 4.69) is 61.7 Å². The Labute approximate surface area is 203 Å². The standard InChI is InChI=1S/C28H27N5O2/c1-18-31-28(35-32-18)21-10-8-20(9-11-21)27(34)30-16-24(19-12-14-22(15-13-19)33(2)3)25-17-29-26-7-5-4-6-23(25)26/h4-15,17,24,29H,16H2,1-3H3,(H,30,34). The van der Waals surface area contributed by atoms with Crippen molar-refractivity contribution in [3.05, 3.63) is 102 Å². The van der Waals surface area contributed by atoms with Crippen molar-refractivity contribution in [2.45, 2.75) is 12.8 Å². The Morgan fingerprint density at radius 2 is 1.77 bits per heavy atom. The van der Waals surface area contributed by atoms with Crippen molar-refractivity contribution in [3.63, 3.8) is 0 Å². The van der Waals surface area contributed by atoms with Crippen LogP contribution in [0.3, 0.4) is 0 Å². The molecule has 1 amide bonds.